The molecule has 1 aliphatic heterocycles. The number of guanidine groups is 1. The molecular weight excluding hydrogens is 397 g/mol. The summed E-state index contributed by atoms with van der Waals surface area (Å²) in [5.74, 6) is 0.700. The summed E-state index contributed by atoms with van der Waals surface area (Å²) in [4.78, 5) is 6.94. The molecule has 3 rings (SSSR count). The van der Waals surface area contributed by atoms with Crippen LogP contribution in [0.1, 0.15) is 31.7 Å². The van der Waals surface area contributed by atoms with Gasteiger partial charge >= 0.3 is 0 Å². The van der Waals surface area contributed by atoms with Gasteiger partial charge in [0.1, 0.15) is 11.6 Å². The average Bonchev–Trinajstić information content (AvgIpc) is 2.63. The summed E-state index contributed by atoms with van der Waals surface area (Å²) >= 11 is 3.39. The number of hydrogen-bond acceptors (Lipinski definition) is 2. The Bertz CT molecular complexity index is 779. The van der Waals surface area contributed by atoms with Crippen LogP contribution in [0.4, 0.5) is 10.1 Å². The predicted molar refractivity (Wildman–Crippen MR) is 107 cm³/mol. The molecule has 6 heteroatoms. The minimum Gasteiger partial charge on any atom is -0.508 e. The van der Waals surface area contributed by atoms with E-state index in [2.05, 4.69) is 33.1 Å². The van der Waals surface area contributed by atoms with E-state index in [4.69, 9.17) is 4.99 Å². The second-order valence-electron chi connectivity index (χ2n) is 6.59. The highest BCUT2D eigenvalue weighted by atomic mass is 79.9. The monoisotopic (exact) mass is 419 g/mol. The molecule has 1 aliphatic rings. The lowest BCUT2D eigenvalue weighted by Gasteiger charge is -2.36. The fourth-order valence-electron chi connectivity index (χ4n) is 3.11. The first kappa shape index (κ1) is 18.7. The van der Waals surface area contributed by atoms with Gasteiger partial charge in [-0.05, 0) is 68.7 Å². The van der Waals surface area contributed by atoms with Crippen molar-refractivity contribution in [3.8, 4) is 5.75 Å². The summed E-state index contributed by atoms with van der Waals surface area (Å²) in [6.45, 7) is 3.37. The van der Waals surface area contributed by atoms with Crippen LogP contribution in [0.25, 0.3) is 0 Å². The van der Waals surface area contributed by atoms with Crippen LogP contribution in [0.3, 0.4) is 0 Å². The van der Waals surface area contributed by atoms with E-state index in [1.165, 1.54) is 12.5 Å². The van der Waals surface area contributed by atoms with Crippen molar-refractivity contribution in [2.45, 2.75) is 38.8 Å². The van der Waals surface area contributed by atoms with Crippen LogP contribution in [-0.4, -0.2) is 28.6 Å². The number of phenols is 1. The fraction of sp³-hybridized carbons (Fsp3) is 0.350. The van der Waals surface area contributed by atoms with Crippen molar-refractivity contribution in [1.29, 1.82) is 0 Å². The van der Waals surface area contributed by atoms with E-state index in [0.717, 1.165) is 35.5 Å². The van der Waals surface area contributed by atoms with Gasteiger partial charge in [0.25, 0.3) is 0 Å². The second kappa shape index (κ2) is 8.54. The van der Waals surface area contributed by atoms with Crippen LogP contribution < -0.4 is 5.32 Å². The number of aliphatic imine (C=N–C) groups is 1. The van der Waals surface area contributed by atoms with Gasteiger partial charge < -0.3 is 15.3 Å². The molecule has 1 saturated heterocycles. The highest BCUT2D eigenvalue weighted by molar-refractivity contribution is 9.10. The Kier molecular flexibility index (Phi) is 6.14. The Labute approximate surface area is 161 Å². The molecular formula is C20H23BrFN3O. The third kappa shape index (κ3) is 4.75. The third-order valence-electron chi connectivity index (χ3n) is 4.61. The SMILES string of the molecule is CC1CCCCN1C(=NCc1cc(Br)ccc1F)Nc1ccc(O)cc1. The van der Waals surface area contributed by atoms with E-state index in [1.807, 2.05) is 0 Å². The van der Waals surface area contributed by atoms with Gasteiger partial charge in [-0.15, -0.1) is 0 Å². The molecule has 0 aromatic heterocycles. The van der Waals surface area contributed by atoms with E-state index in [9.17, 15) is 9.50 Å². The summed E-state index contributed by atoms with van der Waals surface area (Å²) in [7, 11) is 0. The molecule has 1 atom stereocenters. The second-order valence-corrected chi connectivity index (χ2v) is 7.50. The Morgan fingerprint density at radius 2 is 2.04 bits per heavy atom. The zero-order valence-electron chi connectivity index (χ0n) is 14.8. The van der Waals surface area contributed by atoms with Crippen molar-refractivity contribution in [2.24, 2.45) is 4.99 Å². The van der Waals surface area contributed by atoms with E-state index in [0.29, 0.717) is 11.6 Å². The number of halogens is 2. The number of aromatic hydroxyl groups is 1. The van der Waals surface area contributed by atoms with Crippen LogP contribution in [0.2, 0.25) is 0 Å². The van der Waals surface area contributed by atoms with Crippen molar-refractivity contribution in [1.82, 2.24) is 4.90 Å². The quantitative estimate of drug-likeness (QED) is 0.411. The molecule has 4 nitrogen and oxygen atoms in total. The predicted octanol–water partition coefficient (Wildman–Crippen LogP) is 5.14. The topological polar surface area (TPSA) is 47.9 Å². The van der Waals surface area contributed by atoms with Gasteiger partial charge in [-0.25, -0.2) is 9.38 Å². The Morgan fingerprint density at radius 1 is 1.27 bits per heavy atom. The van der Waals surface area contributed by atoms with Gasteiger partial charge in [0, 0.05) is 28.3 Å². The average molecular weight is 420 g/mol. The lowest BCUT2D eigenvalue weighted by atomic mass is 10.0. The number of anilines is 1. The smallest absolute Gasteiger partial charge is 0.199 e. The summed E-state index contributed by atoms with van der Waals surface area (Å²) in [5.41, 5.74) is 1.39. The van der Waals surface area contributed by atoms with Gasteiger partial charge in [-0.3, -0.25) is 0 Å². The fourth-order valence-corrected chi connectivity index (χ4v) is 3.52. The number of nitrogens with one attached hydrogen (secondary N) is 1. The normalized spacial score (nSPS) is 18.0. The zero-order chi connectivity index (χ0) is 18.5. The van der Waals surface area contributed by atoms with Gasteiger partial charge in [0.2, 0.25) is 0 Å². The number of piperidine rings is 1. The molecule has 1 fully saturated rings. The molecule has 0 radical (unpaired) electrons. The van der Waals surface area contributed by atoms with Gasteiger partial charge in [-0.1, -0.05) is 15.9 Å². The summed E-state index contributed by atoms with van der Waals surface area (Å²) < 4.78 is 14.9. The van der Waals surface area contributed by atoms with Crippen molar-refractivity contribution in [3.05, 3.63) is 58.3 Å². The van der Waals surface area contributed by atoms with Gasteiger partial charge in [0.05, 0.1) is 6.54 Å². The van der Waals surface area contributed by atoms with E-state index >= 15 is 0 Å². The summed E-state index contributed by atoms with van der Waals surface area (Å²) in [6.07, 6.45) is 3.44. The highest BCUT2D eigenvalue weighted by Gasteiger charge is 2.22. The first-order valence-corrected chi connectivity index (χ1v) is 9.63. The molecule has 0 amide bonds. The number of hydrogen-bond donors (Lipinski definition) is 2. The van der Waals surface area contributed by atoms with Crippen molar-refractivity contribution in [3.63, 3.8) is 0 Å². The molecule has 1 heterocycles. The molecule has 0 aliphatic carbocycles. The third-order valence-corrected chi connectivity index (χ3v) is 5.10. The molecule has 1 unspecified atom stereocenters. The number of likely N-dealkylation sites (tertiary alicyclic amines) is 1. The first-order chi connectivity index (χ1) is 12.5. The number of nitrogens with zero attached hydrogens (tertiary/aromatic N) is 2. The first-order valence-electron chi connectivity index (χ1n) is 8.84. The Balaban J connectivity index is 1.85. The molecule has 0 bridgehead atoms. The molecule has 2 aromatic rings. The van der Waals surface area contributed by atoms with Gasteiger partial charge in [-0.2, -0.15) is 0 Å². The van der Waals surface area contributed by atoms with Crippen LogP contribution in [0, 0.1) is 5.82 Å². The zero-order valence-corrected chi connectivity index (χ0v) is 16.3. The number of benzene rings is 2. The van der Waals surface area contributed by atoms with Crippen molar-refractivity contribution >= 4 is 27.6 Å². The minimum atomic E-state index is -0.257. The summed E-state index contributed by atoms with van der Waals surface area (Å²) in [5, 5.41) is 12.8. The van der Waals surface area contributed by atoms with Crippen molar-refractivity contribution in [2.75, 3.05) is 11.9 Å². The molecule has 26 heavy (non-hydrogen) atoms. The van der Waals surface area contributed by atoms with Crippen LogP contribution in [-0.2, 0) is 6.54 Å². The van der Waals surface area contributed by atoms with Gasteiger partial charge in [0.15, 0.2) is 5.96 Å². The molecule has 138 valence electrons. The van der Waals surface area contributed by atoms with E-state index in [1.54, 1.807) is 36.4 Å². The molecule has 2 aromatic carbocycles. The summed E-state index contributed by atoms with van der Waals surface area (Å²) in [6, 6.07) is 12.1. The van der Waals surface area contributed by atoms with Crippen LogP contribution in [0.5, 0.6) is 5.75 Å². The maximum absolute atomic E-state index is 14.1. The molecule has 2 N–H and O–H groups in total. The van der Waals surface area contributed by atoms with Crippen LogP contribution in [0.15, 0.2) is 51.9 Å². The maximum atomic E-state index is 14.1. The standard InChI is InChI=1S/C20H23BrFN3O/c1-14-4-2-3-11-25(14)20(24-17-6-8-18(26)9-7-17)23-13-15-12-16(21)5-10-19(15)22/h5-10,12,14,26H,2-4,11,13H2,1H3,(H,23,24). The van der Waals surface area contributed by atoms with E-state index < -0.39 is 0 Å². The number of phenolic OH excluding ortho intramolecular Hbond substituents is 1. The van der Waals surface area contributed by atoms with Crippen molar-refractivity contribution < 1.29 is 9.50 Å². The minimum absolute atomic E-state index is 0.219. The molecule has 0 saturated carbocycles. The van der Waals surface area contributed by atoms with E-state index in [-0.39, 0.29) is 18.1 Å². The lowest BCUT2D eigenvalue weighted by molar-refractivity contribution is 0.257. The largest absolute Gasteiger partial charge is 0.508 e. The number of rotatable bonds is 3. The Morgan fingerprint density at radius 3 is 2.77 bits per heavy atom. The molecule has 0 spiro atoms. The Hall–Kier alpha value is -2.08. The van der Waals surface area contributed by atoms with Crippen LogP contribution >= 0.6 is 15.9 Å². The highest BCUT2D eigenvalue weighted by Crippen LogP contribution is 2.21. The maximum Gasteiger partial charge on any atom is 0.199 e. The lowest BCUT2D eigenvalue weighted by Crippen LogP contribution is -2.45.